The molecule has 0 fully saturated rings. The summed E-state index contributed by atoms with van der Waals surface area (Å²) in [6.07, 6.45) is -3.45. The zero-order chi connectivity index (χ0) is 7.83. The Hall–Kier alpha value is -0.750. The molecule has 1 aliphatic rings. The Kier molecular flexibility index (Phi) is 1.37. The fourth-order valence-electron chi connectivity index (χ4n) is 0.457. The second kappa shape index (κ2) is 1.86. The molecule has 0 aromatic rings. The molecule has 0 aromatic carbocycles. The minimum absolute atomic E-state index is 0.479. The molecule has 0 aromatic heterocycles. The average molecular weight is 155 g/mol. The summed E-state index contributed by atoms with van der Waals surface area (Å²) < 4.78 is 35.0. The molecule has 0 saturated carbocycles. The van der Waals surface area contributed by atoms with Crippen LogP contribution < -0.4 is 5.48 Å². The Bertz CT molecular complexity index is 166. The third kappa shape index (κ3) is 0.952. The molecule has 0 radical (unpaired) electrons. The highest BCUT2D eigenvalue weighted by Crippen LogP contribution is 2.33. The highest BCUT2D eigenvalue weighted by molar-refractivity contribution is 5.01. The number of rotatable bonds is 0. The zero-order valence-corrected chi connectivity index (χ0v) is 4.64. The predicted molar refractivity (Wildman–Crippen MR) is 24.4 cm³/mol. The van der Waals surface area contributed by atoms with Gasteiger partial charge in [-0.15, -0.1) is 0 Å². The maximum atomic E-state index is 11.7. The molecule has 10 heavy (non-hydrogen) atoms. The van der Waals surface area contributed by atoms with Gasteiger partial charge in [-0.2, -0.15) is 13.2 Å². The fourth-order valence-corrected chi connectivity index (χ4v) is 0.457. The molecule has 0 amide bonds. The molecule has 3 nitrogen and oxygen atoms in total. The van der Waals surface area contributed by atoms with Crippen molar-refractivity contribution in [3.8, 4) is 0 Å². The van der Waals surface area contributed by atoms with Gasteiger partial charge in [-0.1, -0.05) is 0 Å². The smallest absolute Gasteiger partial charge is 0.354 e. The highest BCUT2D eigenvalue weighted by atomic mass is 19.4. The van der Waals surface area contributed by atoms with Crippen molar-refractivity contribution in [2.75, 3.05) is 0 Å². The van der Waals surface area contributed by atoms with Gasteiger partial charge in [0.15, 0.2) is 0 Å². The molecule has 1 aliphatic heterocycles. The van der Waals surface area contributed by atoms with Gasteiger partial charge in [-0.05, 0) is 0 Å². The van der Waals surface area contributed by atoms with Gasteiger partial charge < -0.3 is 5.11 Å². The molecule has 0 aliphatic carbocycles. The Morgan fingerprint density at radius 3 is 2.30 bits per heavy atom. The van der Waals surface area contributed by atoms with E-state index in [0.29, 0.717) is 6.08 Å². The van der Waals surface area contributed by atoms with Crippen LogP contribution in [0.1, 0.15) is 0 Å². The molecule has 0 bridgehead atoms. The van der Waals surface area contributed by atoms with E-state index in [1.165, 1.54) is 0 Å². The normalized spacial score (nSPS) is 32.4. The second-order valence-corrected chi connectivity index (χ2v) is 1.75. The van der Waals surface area contributed by atoms with Crippen LogP contribution in [0.15, 0.2) is 12.3 Å². The molecule has 0 spiro atoms. The first-order valence-electron chi connectivity index (χ1n) is 2.36. The summed E-state index contributed by atoms with van der Waals surface area (Å²) in [5.41, 5.74) is 1.77. The molecule has 1 atom stereocenters. The largest absolute Gasteiger partial charge is 0.449 e. The van der Waals surface area contributed by atoms with Gasteiger partial charge in [0.05, 0.1) is 0 Å². The van der Waals surface area contributed by atoms with Gasteiger partial charge in [0.25, 0.3) is 0 Å². The van der Waals surface area contributed by atoms with E-state index in [2.05, 4.69) is 4.84 Å². The van der Waals surface area contributed by atoms with Crippen molar-refractivity contribution in [1.29, 1.82) is 0 Å². The number of hydroxylamine groups is 1. The molecule has 1 heterocycles. The van der Waals surface area contributed by atoms with Gasteiger partial charge >= 0.3 is 12.0 Å². The molecular weight excluding hydrogens is 151 g/mol. The van der Waals surface area contributed by atoms with E-state index in [-0.39, 0.29) is 0 Å². The number of aliphatic hydroxyl groups is 1. The van der Waals surface area contributed by atoms with Crippen LogP contribution in [-0.4, -0.2) is 17.1 Å². The molecule has 58 valence electrons. The summed E-state index contributed by atoms with van der Waals surface area (Å²) in [5, 5.41) is 8.53. The summed E-state index contributed by atoms with van der Waals surface area (Å²) in [5.74, 6) is -3.16. The van der Waals surface area contributed by atoms with Crippen LogP contribution in [0, 0.1) is 0 Å². The Labute approximate surface area is 54.0 Å². The number of alkyl halides is 3. The van der Waals surface area contributed by atoms with Crippen LogP contribution in [0.5, 0.6) is 0 Å². The lowest BCUT2D eigenvalue weighted by atomic mass is 10.3. The molecule has 1 unspecified atom stereocenters. The highest BCUT2D eigenvalue weighted by Gasteiger charge is 2.56. The van der Waals surface area contributed by atoms with Gasteiger partial charge in [-0.25, -0.2) is 4.84 Å². The standard InChI is InChI=1S/C4H4F3NO2/c5-4(6,7)3(9)1-2-8-10-3/h1-2,8-9H. The van der Waals surface area contributed by atoms with E-state index in [1.54, 1.807) is 5.48 Å². The van der Waals surface area contributed by atoms with Crippen molar-refractivity contribution >= 4 is 0 Å². The summed E-state index contributed by atoms with van der Waals surface area (Å²) in [4.78, 5) is 3.77. The summed E-state index contributed by atoms with van der Waals surface area (Å²) in [7, 11) is 0. The number of halogens is 3. The van der Waals surface area contributed by atoms with Crippen molar-refractivity contribution in [1.82, 2.24) is 5.48 Å². The third-order valence-electron chi connectivity index (χ3n) is 0.998. The van der Waals surface area contributed by atoms with Crippen molar-refractivity contribution in [2.45, 2.75) is 12.0 Å². The summed E-state index contributed by atoms with van der Waals surface area (Å²) in [6.45, 7) is 0. The SMILES string of the molecule is OC1(C(F)(F)F)C=CNO1. The van der Waals surface area contributed by atoms with Crippen LogP contribution in [0.4, 0.5) is 13.2 Å². The predicted octanol–water partition coefficient (Wildman–Crippen LogP) is 0.286. The van der Waals surface area contributed by atoms with E-state index >= 15 is 0 Å². The first-order valence-corrected chi connectivity index (χ1v) is 2.36. The topological polar surface area (TPSA) is 41.5 Å². The van der Waals surface area contributed by atoms with Crippen LogP contribution >= 0.6 is 0 Å². The van der Waals surface area contributed by atoms with E-state index in [4.69, 9.17) is 5.11 Å². The van der Waals surface area contributed by atoms with E-state index < -0.39 is 12.0 Å². The van der Waals surface area contributed by atoms with E-state index in [1.807, 2.05) is 0 Å². The van der Waals surface area contributed by atoms with Crippen LogP contribution in [-0.2, 0) is 4.84 Å². The lowest BCUT2D eigenvalue weighted by Gasteiger charge is -2.21. The van der Waals surface area contributed by atoms with Gasteiger partial charge in [0, 0.05) is 12.3 Å². The van der Waals surface area contributed by atoms with E-state index in [0.717, 1.165) is 6.20 Å². The van der Waals surface area contributed by atoms with Crippen molar-refractivity contribution in [3.63, 3.8) is 0 Å². The minimum Gasteiger partial charge on any atom is -0.354 e. The Balaban J connectivity index is 2.78. The molecule has 1 rings (SSSR count). The van der Waals surface area contributed by atoms with Crippen LogP contribution in [0.3, 0.4) is 0 Å². The average Bonchev–Trinajstić information content (AvgIpc) is 2.13. The van der Waals surface area contributed by atoms with Gasteiger partial charge in [-0.3, -0.25) is 5.48 Å². The summed E-state index contributed by atoms with van der Waals surface area (Å²) in [6, 6.07) is 0. The maximum absolute atomic E-state index is 11.7. The number of hydrogen-bond donors (Lipinski definition) is 2. The van der Waals surface area contributed by atoms with Crippen LogP contribution in [0.25, 0.3) is 0 Å². The minimum atomic E-state index is -4.80. The number of nitrogens with one attached hydrogen (secondary N) is 1. The Morgan fingerprint density at radius 2 is 2.10 bits per heavy atom. The van der Waals surface area contributed by atoms with Crippen molar-refractivity contribution < 1.29 is 23.1 Å². The Morgan fingerprint density at radius 1 is 1.50 bits per heavy atom. The van der Waals surface area contributed by atoms with Crippen molar-refractivity contribution in [3.05, 3.63) is 12.3 Å². The summed E-state index contributed by atoms with van der Waals surface area (Å²) >= 11 is 0. The lowest BCUT2D eigenvalue weighted by Crippen LogP contribution is -2.45. The fraction of sp³-hybridized carbons (Fsp3) is 0.500. The monoisotopic (exact) mass is 155 g/mol. The molecule has 0 saturated heterocycles. The maximum Gasteiger partial charge on any atom is 0.449 e. The molecule has 6 heteroatoms. The first-order chi connectivity index (χ1) is 4.46. The first kappa shape index (κ1) is 7.36. The van der Waals surface area contributed by atoms with E-state index in [9.17, 15) is 13.2 Å². The second-order valence-electron chi connectivity index (χ2n) is 1.75. The van der Waals surface area contributed by atoms with Crippen LogP contribution in [0.2, 0.25) is 0 Å². The number of hydrogen-bond acceptors (Lipinski definition) is 3. The quantitative estimate of drug-likeness (QED) is 0.528. The van der Waals surface area contributed by atoms with Gasteiger partial charge in [0.1, 0.15) is 0 Å². The molecular formula is C4H4F3NO2. The van der Waals surface area contributed by atoms with Gasteiger partial charge in [0.2, 0.25) is 0 Å². The van der Waals surface area contributed by atoms with Crippen molar-refractivity contribution in [2.24, 2.45) is 0 Å². The molecule has 2 N–H and O–H groups in total. The lowest BCUT2D eigenvalue weighted by molar-refractivity contribution is -0.346. The third-order valence-corrected chi connectivity index (χ3v) is 0.998. The zero-order valence-electron chi connectivity index (χ0n) is 4.64.